The summed E-state index contributed by atoms with van der Waals surface area (Å²) in [5, 5.41) is 6.05. The van der Waals surface area contributed by atoms with Crippen molar-refractivity contribution in [2.75, 3.05) is 32.7 Å². The number of nitrogens with one attached hydrogen (secondary N) is 2. The van der Waals surface area contributed by atoms with E-state index in [1.165, 1.54) is 5.56 Å². The highest BCUT2D eigenvalue weighted by atomic mass is 16.2. The average Bonchev–Trinajstić information content (AvgIpc) is 3.01. The molecule has 1 aliphatic rings. The van der Waals surface area contributed by atoms with E-state index in [1.54, 1.807) is 0 Å². The van der Waals surface area contributed by atoms with Crippen LogP contribution < -0.4 is 5.69 Å². The van der Waals surface area contributed by atoms with E-state index in [2.05, 4.69) is 44.4 Å². The van der Waals surface area contributed by atoms with Crippen LogP contribution in [0.5, 0.6) is 0 Å². The van der Waals surface area contributed by atoms with E-state index < -0.39 is 0 Å². The number of rotatable bonds is 5. The Morgan fingerprint density at radius 2 is 1.92 bits per heavy atom. The highest BCUT2D eigenvalue weighted by Crippen LogP contribution is 2.06. The molecule has 0 aliphatic carbocycles. The van der Waals surface area contributed by atoms with Gasteiger partial charge in [-0.3, -0.25) is 14.7 Å². The van der Waals surface area contributed by atoms with Gasteiger partial charge in [-0.05, 0) is 5.56 Å². The monoisotopic (exact) mass is 327 g/mol. The Balaban J connectivity index is 1.43. The average molecular weight is 327 g/mol. The van der Waals surface area contributed by atoms with Gasteiger partial charge in [0.2, 0.25) is 5.91 Å². The summed E-state index contributed by atoms with van der Waals surface area (Å²) in [6.07, 6.45) is 4.40. The summed E-state index contributed by atoms with van der Waals surface area (Å²) < 4.78 is 0. The molecular weight excluding hydrogens is 306 g/mol. The predicted molar refractivity (Wildman–Crippen MR) is 91.4 cm³/mol. The minimum atomic E-state index is -0.382. The van der Waals surface area contributed by atoms with Gasteiger partial charge < -0.3 is 4.90 Å². The molecule has 1 fully saturated rings. The zero-order valence-corrected chi connectivity index (χ0v) is 13.4. The minimum absolute atomic E-state index is 0.00257. The lowest BCUT2D eigenvalue weighted by Crippen LogP contribution is -2.49. The van der Waals surface area contributed by atoms with Crippen LogP contribution in [-0.2, 0) is 11.2 Å². The third-order valence-electron chi connectivity index (χ3n) is 4.07. The Kier molecular flexibility index (Phi) is 5.22. The second-order valence-electron chi connectivity index (χ2n) is 5.80. The Bertz CT molecular complexity index is 742. The van der Waals surface area contributed by atoms with E-state index in [1.807, 2.05) is 23.1 Å². The quantitative estimate of drug-likeness (QED) is 0.837. The number of carbonyl (C=O) groups is 1. The fourth-order valence-electron chi connectivity index (χ4n) is 2.73. The van der Waals surface area contributed by atoms with Gasteiger partial charge >= 0.3 is 5.69 Å². The number of carbonyl (C=O) groups excluding carboxylic acids is 1. The Labute approximate surface area is 140 Å². The molecule has 0 spiro atoms. The maximum absolute atomic E-state index is 12.2. The van der Waals surface area contributed by atoms with Crippen molar-refractivity contribution in [1.29, 1.82) is 0 Å². The molecule has 1 aliphatic heterocycles. The van der Waals surface area contributed by atoms with E-state index >= 15 is 0 Å². The molecule has 0 radical (unpaired) electrons. The minimum Gasteiger partial charge on any atom is -0.340 e. The molecule has 7 nitrogen and oxygen atoms in total. The van der Waals surface area contributed by atoms with Crippen LogP contribution in [0.4, 0.5) is 0 Å². The lowest BCUT2D eigenvalue weighted by Gasteiger charge is -2.34. The van der Waals surface area contributed by atoms with Crippen molar-refractivity contribution in [2.45, 2.75) is 6.42 Å². The Morgan fingerprint density at radius 1 is 1.17 bits per heavy atom. The topological polar surface area (TPSA) is 85.1 Å². The first-order valence-electron chi connectivity index (χ1n) is 8.06. The van der Waals surface area contributed by atoms with Crippen LogP contribution in [0.2, 0.25) is 0 Å². The molecule has 0 atom stereocenters. The third-order valence-corrected chi connectivity index (χ3v) is 4.07. The molecule has 7 heteroatoms. The molecule has 1 amide bonds. The highest BCUT2D eigenvalue weighted by molar-refractivity contribution is 5.78. The van der Waals surface area contributed by atoms with Crippen molar-refractivity contribution in [3.05, 3.63) is 58.3 Å². The SMILES string of the molecule is O=C(Cc1n[nH]c(=O)[nH]1)N1CCN(C/C=C/c2ccccc2)CC1. The van der Waals surface area contributed by atoms with E-state index in [9.17, 15) is 9.59 Å². The number of benzene rings is 1. The maximum atomic E-state index is 12.2. The molecule has 0 unspecified atom stereocenters. The number of hydrogen-bond donors (Lipinski definition) is 2. The van der Waals surface area contributed by atoms with Gasteiger partial charge in [-0.2, -0.15) is 5.10 Å². The molecule has 1 aromatic heterocycles. The van der Waals surface area contributed by atoms with Crippen molar-refractivity contribution >= 4 is 12.0 Å². The van der Waals surface area contributed by atoms with Crippen molar-refractivity contribution < 1.29 is 4.79 Å². The fraction of sp³-hybridized carbons (Fsp3) is 0.353. The van der Waals surface area contributed by atoms with Crippen molar-refractivity contribution in [1.82, 2.24) is 25.0 Å². The van der Waals surface area contributed by atoms with Crippen LogP contribution in [0.1, 0.15) is 11.4 Å². The first-order valence-corrected chi connectivity index (χ1v) is 8.06. The molecule has 1 aromatic carbocycles. The number of H-pyrrole nitrogens is 2. The summed E-state index contributed by atoms with van der Waals surface area (Å²) in [6.45, 7) is 3.98. The zero-order valence-electron chi connectivity index (χ0n) is 13.4. The molecule has 1 saturated heterocycles. The number of hydrogen-bond acceptors (Lipinski definition) is 4. The first kappa shape index (κ1) is 16.2. The number of aromatic nitrogens is 3. The summed E-state index contributed by atoms with van der Waals surface area (Å²) in [6, 6.07) is 10.2. The second-order valence-corrected chi connectivity index (χ2v) is 5.80. The molecular formula is C17H21N5O2. The molecule has 0 saturated carbocycles. The molecule has 24 heavy (non-hydrogen) atoms. The molecule has 126 valence electrons. The van der Waals surface area contributed by atoms with Crippen molar-refractivity contribution in [3.63, 3.8) is 0 Å². The van der Waals surface area contributed by atoms with Crippen LogP contribution in [-0.4, -0.2) is 63.6 Å². The fourth-order valence-corrected chi connectivity index (χ4v) is 2.73. The number of amides is 1. The number of piperazine rings is 1. The van der Waals surface area contributed by atoms with Gasteiger partial charge in [-0.1, -0.05) is 42.5 Å². The third kappa shape index (κ3) is 4.42. The van der Waals surface area contributed by atoms with Crippen molar-refractivity contribution in [2.24, 2.45) is 0 Å². The van der Waals surface area contributed by atoms with Crippen LogP contribution in [0.15, 0.2) is 41.2 Å². The highest BCUT2D eigenvalue weighted by Gasteiger charge is 2.21. The molecule has 0 bridgehead atoms. The molecule has 2 N–H and O–H groups in total. The summed E-state index contributed by atoms with van der Waals surface area (Å²) in [5.74, 6) is 0.385. The summed E-state index contributed by atoms with van der Waals surface area (Å²) in [7, 11) is 0. The molecule has 2 aromatic rings. The lowest BCUT2D eigenvalue weighted by atomic mass is 10.2. The largest absolute Gasteiger partial charge is 0.340 e. The smallest absolute Gasteiger partial charge is 0.340 e. The van der Waals surface area contributed by atoms with E-state index in [4.69, 9.17) is 0 Å². The van der Waals surface area contributed by atoms with Crippen LogP contribution in [0.3, 0.4) is 0 Å². The lowest BCUT2D eigenvalue weighted by molar-refractivity contribution is -0.132. The van der Waals surface area contributed by atoms with Gasteiger partial charge in [0, 0.05) is 32.7 Å². The second kappa shape index (κ2) is 7.74. The van der Waals surface area contributed by atoms with Crippen LogP contribution >= 0.6 is 0 Å². The summed E-state index contributed by atoms with van der Waals surface area (Å²) in [4.78, 5) is 29.8. The number of aromatic amines is 2. The normalized spacial score (nSPS) is 15.9. The van der Waals surface area contributed by atoms with Crippen molar-refractivity contribution in [3.8, 4) is 0 Å². The van der Waals surface area contributed by atoms with E-state index in [0.717, 1.165) is 19.6 Å². The predicted octanol–water partition coefficient (Wildman–Crippen LogP) is 0.498. The van der Waals surface area contributed by atoms with Crippen LogP contribution in [0.25, 0.3) is 6.08 Å². The molecule has 2 heterocycles. The van der Waals surface area contributed by atoms with E-state index in [0.29, 0.717) is 18.9 Å². The van der Waals surface area contributed by atoms with Gasteiger partial charge in [0.25, 0.3) is 0 Å². The molecule has 3 rings (SSSR count). The zero-order chi connectivity index (χ0) is 16.8. The number of nitrogens with zero attached hydrogens (tertiary/aromatic N) is 3. The summed E-state index contributed by atoms with van der Waals surface area (Å²) >= 11 is 0. The van der Waals surface area contributed by atoms with Gasteiger partial charge in [0.05, 0.1) is 6.42 Å². The standard InChI is InChI=1S/C17H21N5O2/c23-16(13-15-18-17(24)20-19-15)22-11-9-21(10-12-22)8-4-7-14-5-2-1-3-6-14/h1-7H,8-13H2,(H2,18,19,20,24)/b7-4+. The van der Waals surface area contributed by atoms with Gasteiger partial charge in [0.15, 0.2) is 0 Å². The van der Waals surface area contributed by atoms with Gasteiger partial charge in [0.1, 0.15) is 5.82 Å². The Morgan fingerprint density at radius 3 is 2.58 bits per heavy atom. The summed E-state index contributed by atoms with van der Waals surface area (Å²) in [5.41, 5.74) is 0.812. The first-order chi connectivity index (χ1) is 11.7. The van der Waals surface area contributed by atoms with Gasteiger partial charge in [-0.25, -0.2) is 9.89 Å². The van der Waals surface area contributed by atoms with E-state index in [-0.39, 0.29) is 18.0 Å². The van der Waals surface area contributed by atoms with Crippen LogP contribution in [0, 0.1) is 0 Å². The maximum Gasteiger partial charge on any atom is 0.340 e. The Hall–Kier alpha value is -2.67. The van der Waals surface area contributed by atoms with Gasteiger partial charge in [-0.15, -0.1) is 0 Å².